The van der Waals surface area contributed by atoms with Gasteiger partial charge in [0.15, 0.2) is 5.82 Å². The summed E-state index contributed by atoms with van der Waals surface area (Å²) in [5, 5.41) is 3.85. The molecular formula is C23H32ClN5O2. The maximum atomic E-state index is 13.2. The van der Waals surface area contributed by atoms with Crippen LogP contribution in [-0.4, -0.2) is 71.2 Å². The fourth-order valence-electron chi connectivity index (χ4n) is 4.96. The molecule has 1 aliphatic carbocycles. The van der Waals surface area contributed by atoms with Crippen molar-refractivity contribution in [1.29, 1.82) is 0 Å². The highest BCUT2D eigenvalue weighted by Crippen LogP contribution is 2.29. The number of aryl methyl sites for hydroxylation is 1. The summed E-state index contributed by atoms with van der Waals surface area (Å²) in [5.41, 5.74) is 2.07. The lowest BCUT2D eigenvalue weighted by atomic mass is 9.91. The minimum atomic E-state index is 0. The number of carbonyl (C=O) groups excluding carboxylic acids is 1. The van der Waals surface area contributed by atoms with E-state index in [9.17, 15) is 4.79 Å². The lowest BCUT2D eigenvalue weighted by Gasteiger charge is -2.36. The smallest absolute Gasteiger partial charge is 0.257 e. The summed E-state index contributed by atoms with van der Waals surface area (Å²) in [6, 6.07) is 8.98. The second kappa shape index (κ2) is 9.57. The fourth-order valence-corrected chi connectivity index (χ4v) is 4.96. The molecule has 3 heterocycles. The van der Waals surface area contributed by atoms with Gasteiger partial charge >= 0.3 is 0 Å². The van der Waals surface area contributed by atoms with Crippen molar-refractivity contribution < 1.29 is 9.32 Å². The van der Waals surface area contributed by atoms with E-state index in [0.717, 1.165) is 69.4 Å². The van der Waals surface area contributed by atoms with Crippen LogP contribution in [0.1, 0.15) is 37.9 Å². The first-order valence-corrected chi connectivity index (χ1v) is 11.4. The first-order valence-electron chi connectivity index (χ1n) is 11.4. The molecule has 1 atom stereocenters. The van der Waals surface area contributed by atoms with Crippen LogP contribution in [0.4, 0.5) is 5.69 Å². The van der Waals surface area contributed by atoms with E-state index in [0.29, 0.717) is 17.6 Å². The Bertz CT molecular complexity index is 882. The average Bonchev–Trinajstić information content (AvgIpc) is 3.32. The van der Waals surface area contributed by atoms with Gasteiger partial charge in [0.2, 0.25) is 5.91 Å². The number of hydrogen-bond acceptors (Lipinski definition) is 6. The first kappa shape index (κ1) is 22.1. The molecule has 1 saturated carbocycles. The number of amides is 1. The Morgan fingerprint density at radius 2 is 1.81 bits per heavy atom. The van der Waals surface area contributed by atoms with Gasteiger partial charge in [-0.2, -0.15) is 4.98 Å². The van der Waals surface area contributed by atoms with Crippen molar-refractivity contribution in [2.45, 2.75) is 45.1 Å². The molecule has 3 aliphatic rings. The topological polar surface area (TPSA) is 65.7 Å². The number of nitrogens with zero attached hydrogens (tertiary/aromatic N) is 5. The molecule has 2 saturated heterocycles. The number of halogens is 1. The van der Waals surface area contributed by atoms with E-state index in [-0.39, 0.29) is 18.3 Å². The Balaban J connectivity index is 0.00000231. The van der Waals surface area contributed by atoms with Crippen LogP contribution in [0.2, 0.25) is 0 Å². The third-order valence-electron chi connectivity index (χ3n) is 6.98. The molecule has 0 radical (unpaired) electrons. The number of benzene rings is 1. The normalized spacial score (nSPS) is 22.7. The molecule has 168 valence electrons. The monoisotopic (exact) mass is 445 g/mol. The van der Waals surface area contributed by atoms with E-state index in [1.54, 1.807) is 0 Å². The third-order valence-corrected chi connectivity index (χ3v) is 6.98. The zero-order valence-corrected chi connectivity index (χ0v) is 19.0. The van der Waals surface area contributed by atoms with Gasteiger partial charge in [-0.05, 0) is 56.9 Å². The Morgan fingerprint density at radius 3 is 2.48 bits per heavy atom. The van der Waals surface area contributed by atoms with Crippen LogP contribution in [0, 0.1) is 12.8 Å². The standard InChI is InChI=1S/C23H31N5O2.ClH/c1-17-24-22(30-25-17)18-6-8-21(9-7-18)28-13-10-19(16-28)23(29)27-12-3-11-26(14-15-27)20-4-2-5-20;/h6-9,19-20H,2-5,10-16H2,1H3;1H/t19-;/m1./s1. The van der Waals surface area contributed by atoms with Gasteiger partial charge in [0.25, 0.3) is 5.89 Å². The van der Waals surface area contributed by atoms with Crippen molar-refractivity contribution in [1.82, 2.24) is 19.9 Å². The van der Waals surface area contributed by atoms with E-state index in [4.69, 9.17) is 4.52 Å². The molecule has 8 heteroatoms. The highest BCUT2D eigenvalue weighted by Gasteiger charge is 2.33. The zero-order valence-electron chi connectivity index (χ0n) is 18.2. The van der Waals surface area contributed by atoms with E-state index in [2.05, 4.69) is 37.0 Å². The van der Waals surface area contributed by atoms with E-state index in [1.807, 2.05) is 19.1 Å². The Kier molecular flexibility index (Phi) is 6.82. The van der Waals surface area contributed by atoms with Crippen LogP contribution in [-0.2, 0) is 4.79 Å². The average molecular weight is 446 g/mol. The molecule has 0 N–H and O–H groups in total. The largest absolute Gasteiger partial charge is 0.371 e. The van der Waals surface area contributed by atoms with Crippen LogP contribution < -0.4 is 4.90 Å². The van der Waals surface area contributed by atoms with Crippen molar-refractivity contribution in [2.75, 3.05) is 44.2 Å². The number of hydrogen-bond donors (Lipinski definition) is 0. The van der Waals surface area contributed by atoms with Gasteiger partial charge in [-0.3, -0.25) is 9.69 Å². The van der Waals surface area contributed by atoms with Gasteiger partial charge in [0.1, 0.15) is 0 Å². The van der Waals surface area contributed by atoms with Crippen molar-refractivity contribution in [3.05, 3.63) is 30.1 Å². The van der Waals surface area contributed by atoms with Gasteiger partial charge < -0.3 is 14.3 Å². The molecule has 5 rings (SSSR count). The minimum absolute atomic E-state index is 0. The zero-order chi connectivity index (χ0) is 20.5. The summed E-state index contributed by atoms with van der Waals surface area (Å²) >= 11 is 0. The van der Waals surface area contributed by atoms with Gasteiger partial charge in [0, 0.05) is 56.6 Å². The molecule has 0 spiro atoms. The van der Waals surface area contributed by atoms with Crippen LogP contribution >= 0.6 is 12.4 Å². The molecule has 2 aliphatic heterocycles. The quantitative estimate of drug-likeness (QED) is 0.718. The number of aromatic nitrogens is 2. The maximum absolute atomic E-state index is 13.2. The van der Waals surface area contributed by atoms with Crippen molar-refractivity contribution in [3.8, 4) is 11.5 Å². The molecular weight excluding hydrogens is 414 g/mol. The second-order valence-electron chi connectivity index (χ2n) is 8.92. The summed E-state index contributed by atoms with van der Waals surface area (Å²) < 4.78 is 5.25. The van der Waals surface area contributed by atoms with Gasteiger partial charge in [0.05, 0.1) is 5.92 Å². The number of anilines is 1. The molecule has 1 aromatic heterocycles. The summed E-state index contributed by atoms with van der Waals surface area (Å²) in [6.07, 6.45) is 6.10. The van der Waals surface area contributed by atoms with Gasteiger partial charge in [-0.25, -0.2) is 0 Å². The van der Waals surface area contributed by atoms with Gasteiger partial charge in [-0.1, -0.05) is 11.6 Å². The molecule has 2 aromatic rings. The Morgan fingerprint density at radius 1 is 1.00 bits per heavy atom. The first-order chi connectivity index (χ1) is 14.7. The SMILES string of the molecule is Cc1noc(-c2ccc(N3CC[C@@H](C(=O)N4CCCN(C5CCC5)CC4)C3)cc2)n1.Cl. The van der Waals surface area contributed by atoms with Crippen LogP contribution in [0.25, 0.3) is 11.5 Å². The molecule has 1 amide bonds. The Labute approximate surface area is 190 Å². The molecule has 0 bridgehead atoms. The van der Waals surface area contributed by atoms with E-state index in [1.165, 1.54) is 19.3 Å². The highest BCUT2D eigenvalue weighted by atomic mass is 35.5. The summed E-state index contributed by atoms with van der Waals surface area (Å²) in [7, 11) is 0. The maximum Gasteiger partial charge on any atom is 0.257 e. The lowest BCUT2D eigenvalue weighted by Crippen LogP contribution is -2.43. The van der Waals surface area contributed by atoms with Crippen molar-refractivity contribution >= 4 is 24.0 Å². The van der Waals surface area contributed by atoms with Crippen molar-refractivity contribution in [2.24, 2.45) is 5.92 Å². The predicted octanol–water partition coefficient (Wildman–Crippen LogP) is 3.38. The number of rotatable bonds is 4. The Hall–Kier alpha value is -2.12. The lowest BCUT2D eigenvalue weighted by molar-refractivity contribution is -0.134. The van der Waals surface area contributed by atoms with Crippen LogP contribution in [0.5, 0.6) is 0 Å². The fraction of sp³-hybridized carbons (Fsp3) is 0.609. The summed E-state index contributed by atoms with van der Waals surface area (Å²) in [5.74, 6) is 1.65. The number of carbonyl (C=O) groups is 1. The molecule has 31 heavy (non-hydrogen) atoms. The summed E-state index contributed by atoms with van der Waals surface area (Å²) in [4.78, 5) is 24.5. The highest BCUT2D eigenvalue weighted by molar-refractivity contribution is 5.85. The third kappa shape index (κ3) is 4.72. The molecule has 7 nitrogen and oxygen atoms in total. The van der Waals surface area contributed by atoms with Crippen molar-refractivity contribution in [3.63, 3.8) is 0 Å². The summed E-state index contributed by atoms with van der Waals surface area (Å²) in [6.45, 7) is 7.55. The molecule has 0 unspecified atom stereocenters. The van der Waals surface area contributed by atoms with Crippen LogP contribution in [0.3, 0.4) is 0 Å². The second-order valence-corrected chi connectivity index (χ2v) is 8.92. The predicted molar refractivity (Wildman–Crippen MR) is 122 cm³/mol. The molecule has 1 aromatic carbocycles. The van der Waals surface area contributed by atoms with Crippen LogP contribution in [0.15, 0.2) is 28.8 Å². The van der Waals surface area contributed by atoms with E-state index >= 15 is 0 Å². The minimum Gasteiger partial charge on any atom is -0.371 e. The molecule has 3 fully saturated rings. The van der Waals surface area contributed by atoms with Gasteiger partial charge in [-0.15, -0.1) is 12.4 Å². The van der Waals surface area contributed by atoms with E-state index < -0.39 is 0 Å².